The summed E-state index contributed by atoms with van der Waals surface area (Å²) in [5, 5.41) is 4.92. The highest BCUT2D eigenvalue weighted by atomic mass is 127. The van der Waals surface area contributed by atoms with Gasteiger partial charge in [-0.05, 0) is 36.2 Å². The summed E-state index contributed by atoms with van der Waals surface area (Å²) in [6.07, 6.45) is 2.77. The van der Waals surface area contributed by atoms with Crippen LogP contribution in [0.1, 0.15) is 47.1 Å². The van der Waals surface area contributed by atoms with Crippen molar-refractivity contribution in [2.45, 2.75) is 58.6 Å². The van der Waals surface area contributed by atoms with Crippen molar-refractivity contribution in [1.29, 1.82) is 0 Å². The van der Waals surface area contributed by atoms with Gasteiger partial charge in [0.05, 0.1) is 38.7 Å². The molecule has 0 fully saturated rings. The van der Waals surface area contributed by atoms with Crippen LogP contribution in [0.4, 0.5) is 14.9 Å². The minimum absolute atomic E-state index is 0. The Kier molecular flexibility index (Phi) is 14.2. The largest absolute Gasteiger partial charge is 1.00 e. The van der Waals surface area contributed by atoms with E-state index in [0.717, 1.165) is 0 Å². The summed E-state index contributed by atoms with van der Waals surface area (Å²) in [5.41, 5.74) is 0.0269. The van der Waals surface area contributed by atoms with Crippen LogP contribution >= 0.6 is 0 Å². The molecule has 0 saturated carbocycles. The number of rotatable bonds is 13. The highest BCUT2D eigenvalue weighted by Crippen LogP contribution is 2.36. The first-order chi connectivity index (χ1) is 19.8. The molecule has 0 unspecified atom stereocenters. The molecule has 10 heteroatoms. The zero-order chi connectivity index (χ0) is 30.8. The van der Waals surface area contributed by atoms with Crippen LogP contribution in [0.3, 0.4) is 0 Å². The quantitative estimate of drug-likeness (QED) is 0.127. The van der Waals surface area contributed by atoms with E-state index in [4.69, 9.17) is 18.6 Å². The van der Waals surface area contributed by atoms with Gasteiger partial charge >= 0.3 is 6.09 Å². The SMILES string of the molecule is C[n+]1cc(F)c(NC(=O)OC(C)(C)C)c(CCOCCOCCO[Si](c2ccccc2)(c2ccccc2)C(C)(C)C)c1.[I-]. The van der Waals surface area contributed by atoms with Crippen molar-refractivity contribution in [2.24, 2.45) is 7.05 Å². The number of carbonyl (C=O) groups is 1. The van der Waals surface area contributed by atoms with Crippen molar-refractivity contribution in [3.8, 4) is 0 Å². The topological polar surface area (TPSA) is 69.9 Å². The average molecular weight is 725 g/mol. The van der Waals surface area contributed by atoms with Gasteiger partial charge in [-0.3, -0.25) is 5.32 Å². The molecular formula is C33H46FIN2O5Si. The number of aryl methyl sites for hydroxylation is 1. The Hall–Kier alpha value is -2.38. The summed E-state index contributed by atoms with van der Waals surface area (Å²) in [7, 11) is -0.861. The maximum absolute atomic E-state index is 14.7. The maximum atomic E-state index is 14.7. The molecule has 7 nitrogen and oxygen atoms in total. The molecule has 0 spiro atoms. The number of halogens is 2. The highest BCUT2D eigenvalue weighted by molar-refractivity contribution is 6.99. The van der Waals surface area contributed by atoms with Gasteiger partial charge in [-0.1, -0.05) is 81.4 Å². The molecule has 0 saturated heterocycles. The maximum Gasteiger partial charge on any atom is 0.412 e. The van der Waals surface area contributed by atoms with Crippen molar-refractivity contribution < 1.29 is 56.4 Å². The molecule has 0 aliphatic carbocycles. The second kappa shape index (κ2) is 16.6. The molecule has 3 rings (SSSR count). The molecule has 3 aromatic rings. The van der Waals surface area contributed by atoms with Gasteiger partial charge in [0, 0.05) is 12.0 Å². The molecule has 1 N–H and O–H groups in total. The summed E-state index contributed by atoms with van der Waals surface area (Å²) in [5.74, 6) is -0.537. The van der Waals surface area contributed by atoms with E-state index < -0.39 is 25.8 Å². The summed E-state index contributed by atoms with van der Waals surface area (Å²) in [6.45, 7) is 14.1. The van der Waals surface area contributed by atoms with Crippen LogP contribution in [0.25, 0.3) is 0 Å². The Bertz CT molecular complexity index is 1240. The number of nitrogens with one attached hydrogen (secondary N) is 1. The predicted molar refractivity (Wildman–Crippen MR) is 166 cm³/mol. The van der Waals surface area contributed by atoms with Crippen LogP contribution in [0.15, 0.2) is 73.1 Å². The number of pyridine rings is 1. The monoisotopic (exact) mass is 724 g/mol. The van der Waals surface area contributed by atoms with Gasteiger partial charge in [-0.15, -0.1) is 0 Å². The Labute approximate surface area is 274 Å². The zero-order valence-electron chi connectivity index (χ0n) is 26.4. The number of nitrogens with zero attached hydrogens (tertiary/aromatic N) is 1. The lowest BCUT2D eigenvalue weighted by atomic mass is 10.1. The van der Waals surface area contributed by atoms with E-state index in [1.807, 2.05) is 12.1 Å². The predicted octanol–water partition coefficient (Wildman–Crippen LogP) is 2.15. The van der Waals surface area contributed by atoms with Crippen molar-refractivity contribution >= 4 is 30.5 Å². The molecule has 43 heavy (non-hydrogen) atoms. The molecule has 236 valence electrons. The van der Waals surface area contributed by atoms with Crippen molar-refractivity contribution in [2.75, 3.05) is 38.4 Å². The molecule has 0 atom stereocenters. The fourth-order valence-electron chi connectivity index (χ4n) is 5.00. The van der Waals surface area contributed by atoms with E-state index in [1.165, 1.54) is 16.6 Å². The van der Waals surface area contributed by atoms with Gasteiger partial charge in [0.15, 0.2) is 6.20 Å². The molecular weight excluding hydrogens is 678 g/mol. The standard InChI is InChI=1S/C33H45FN2O5Si.HI/c1-32(2,3)41-31(37)35-30-26(24-36(7)25-29(30)34)18-19-38-20-21-39-22-23-40-42(33(4,5)6,27-14-10-8-11-15-27)28-16-12-9-13-17-28;/h8-17,24-25H,18-23H2,1-7H3;1H. The van der Waals surface area contributed by atoms with Gasteiger partial charge in [-0.25, -0.2) is 9.36 Å². The van der Waals surface area contributed by atoms with E-state index in [0.29, 0.717) is 45.0 Å². The minimum atomic E-state index is -2.59. The van der Waals surface area contributed by atoms with E-state index in [2.05, 4.69) is 74.6 Å². The molecule has 0 aliphatic rings. The number of carbonyl (C=O) groups excluding carboxylic acids is 1. The van der Waals surface area contributed by atoms with Gasteiger partial charge in [0.1, 0.15) is 12.6 Å². The molecule has 2 aromatic carbocycles. The number of amides is 1. The molecule has 1 heterocycles. The molecule has 0 aliphatic heterocycles. The van der Waals surface area contributed by atoms with Crippen LogP contribution in [-0.4, -0.2) is 53.0 Å². The van der Waals surface area contributed by atoms with E-state index >= 15 is 0 Å². The van der Waals surface area contributed by atoms with Crippen LogP contribution in [0, 0.1) is 5.82 Å². The second-order valence-corrected chi connectivity index (χ2v) is 16.6. The summed E-state index contributed by atoms with van der Waals surface area (Å²) < 4.78 is 40.0. The Morgan fingerprint density at radius 1 is 0.814 bits per heavy atom. The lowest BCUT2D eigenvalue weighted by Gasteiger charge is -2.43. The molecule has 0 bridgehead atoms. The molecule has 1 amide bonds. The average Bonchev–Trinajstić information content (AvgIpc) is 2.91. The summed E-state index contributed by atoms with van der Waals surface area (Å²) >= 11 is 0. The van der Waals surface area contributed by atoms with E-state index in [1.54, 1.807) is 38.6 Å². The highest BCUT2D eigenvalue weighted by Gasteiger charge is 2.50. The lowest BCUT2D eigenvalue weighted by Crippen LogP contribution is -3.00. The smallest absolute Gasteiger partial charge is 0.412 e. The van der Waals surface area contributed by atoms with Crippen LogP contribution < -0.4 is 44.2 Å². The van der Waals surface area contributed by atoms with E-state index in [9.17, 15) is 9.18 Å². The van der Waals surface area contributed by atoms with Crippen molar-refractivity contribution in [3.63, 3.8) is 0 Å². The third-order valence-corrected chi connectivity index (χ3v) is 11.8. The third-order valence-electron chi connectivity index (χ3n) is 6.71. The van der Waals surface area contributed by atoms with Crippen LogP contribution in [0.2, 0.25) is 5.04 Å². The van der Waals surface area contributed by atoms with Crippen molar-refractivity contribution in [3.05, 3.63) is 84.4 Å². The molecule has 1 aromatic heterocycles. The van der Waals surface area contributed by atoms with E-state index in [-0.39, 0.29) is 34.7 Å². The first kappa shape index (κ1) is 36.8. The first-order valence-electron chi connectivity index (χ1n) is 14.4. The number of aromatic nitrogens is 1. The summed E-state index contributed by atoms with van der Waals surface area (Å²) in [6, 6.07) is 21.1. The fraction of sp³-hybridized carbons (Fsp3) is 0.455. The van der Waals surface area contributed by atoms with Crippen molar-refractivity contribution in [1.82, 2.24) is 0 Å². The number of ether oxygens (including phenoxy) is 3. The zero-order valence-corrected chi connectivity index (χ0v) is 29.6. The molecule has 0 radical (unpaired) electrons. The van der Waals surface area contributed by atoms with Crippen LogP contribution in [-0.2, 0) is 32.1 Å². The third kappa shape index (κ3) is 10.6. The Morgan fingerprint density at radius 2 is 1.33 bits per heavy atom. The van der Waals surface area contributed by atoms with Gasteiger partial charge in [0.25, 0.3) is 8.32 Å². The number of benzene rings is 2. The fourth-order valence-corrected chi connectivity index (χ4v) is 9.54. The minimum Gasteiger partial charge on any atom is -1.00 e. The van der Waals surface area contributed by atoms with Gasteiger partial charge < -0.3 is 42.6 Å². The van der Waals surface area contributed by atoms with Crippen LogP contribution in [0.5, 0.6) is 0 Å². The number of hydrogen-bond acceptors (Lipinski definition) is 5. The first-order valence-corrected chi connectivity index (χ1v) is 16.3. The second-order valence-electron chi connectivity index (χ2n) is 12.3. The number of anilines is 1. The normalized spacial score (nSPS) is 12.0. The lowest BCUT2D eigenvalue weighted by molar-refractivity contribution is -0.673. The van der Waals surface area contributed by atoms with Gasteiger partial charge in [0.2, 0.25) is 12.0 Å². The Balaban J connectivity index is 0.00000645. The van der Waals surface area contributed by atoms with Gasteiger partial charge in [-0.2, -0.15) is 4.39 Å². The summed E-state index contributed by atoms with van der Waals surface area (Å²) in [4.78, 5) is 12.2. The Morgan fingerprint density at radius 3 is 1.84 bits per heavy atom. The number of hydrogen-bond donors (Lipinski definition) is 1.